The molecule has 1 unspecified atom stereocenters. The quantitative estimate of drug-likeness (QED) is 0.650. The molecule has 0 radical (unpaired) electrons. The Balaban J connectivity index is 1.72. The van der Waals surface area contributed by atoms with E-state index in [4.69, 9.17) is 14.5 Å². The number of para-hydroxylation sites is 1. The molecule has 0 bridgehead atoms. The summed E-state index contributed by atoms with van der Waals surface area (Å²) in [6.45, 7) is 3.72. The molecule has 0 N–H and O–H groups in total. The molecule has 7 nitrogen and oxygen atoms in total. The van der Waals surface area contributed by atoms with Crippen molar-refractivity contribution in [2.24, 2.45) is 7.05 Å². The molecular weight excluding hydrogens is 364 g/mol. The third-order valence-corrected chi connectivity index (χ3v) is 5.53. The standard InChI is InChI=1S/C19H22N4O3S/c1-3-25-15-7-4-8-16-17(15)20-19(27-16)23(12-13-6-5-11-26-13)18(24)14-9-10-22(2)21-14/h4,7-10,13H,3,5-6,11-12H2,1-2H3. The first kappa shape index (κ1) is 17.9. The summed E-state index contributed by atoms with van der Waals surface area (Å²) in [4.78, 5) is 19.6. The number of anilines is 1. The van der Waals surface area contributed by atoms with Gasteiger partial charge in [-0.1, -0.05) is 17.4 Å². The van der Waals surface area contributed by atoms with Crippen LogP contribution in [0, 0.1) is 0 Å². The average molecular weight is 386 g/mol. The zero-order valence-electron chi connectivity index (χ0n) is 15.4. The topological polar surface area (TPSA) is 69.5 Å². The monoisotopic (exact) mass is 386 g/mol. The average Bonchev–Trinajstić information content (AvgIpc) is 3.40. The summed E-state index contributed by atoms with van der Waals surface area (Å²) in [6, 6.07) is 7.57. The van der Waals surface area contributed by atoms with Crippen LogP contribution in [-0.2, 0) is 11.8 Å². The van der Waals surface area contributed by atoms with Crippen molar-refractivity contribution in [1.82, 2.24) is 14.8 Å². The Morgan fingerprint density at radius 3 is 3.04 bits per heavy atom. The predicted octanol–water partition coefficient (Wildman–Crippen LogP) is 3.25. The number of nitrogens with zero attached hydrogens (tertiary/aromatic N) is 4. The first-order chi connectivity index (χ1) is 13.2. The molecule has 0 saturated carbocycles. The number of fused-ring (bicyclic) bond motifs is 1. The number of ether oxygens (including phenoxy) is 2. The Hall–Kier alpha value is -2.45. The van der Waals surface area contributed by atoms with E-state index in [2.05, 4.69) is 5.10 Å². The minimum Gasteiger partial charge on any atom is -0.492 e. The van der Waals surface area contributed by atoms with E-state index in [0.29, 0.717) is 24.0 Å². The van der Waals surface area contributed by atoms with Gasteiger partial charge in [-0.15, -0.1) is 0 Å². The van der Waals surface area contributed by atoms with E-state index in [9.17, 15) is 4.79 Å². The van der Waals surface area contributed by atoms with E-state index in [-0.39, 0.29) is 12.0 Å². The molecule has 1 aromatic carbocycles. The molecule has 142 valence electrons. The van der Waals surface area contributed by atoms with Gasteiger partial charge in [0.1, 0.15) is 11.3 Å². The Morgan fingerprint density at radius 2 is 2.33 bits per heavy atom. The fourth-order valence-electron chi connectivity index (χ4n) is 3.21. The lowest BCUT2D eigenvalue weighted by Crippen LogP contribution is -2.37. The van der Waals surface area contributed by atoms with Gasteiger partial charge < -0.3 is 9.47 Å². The zero-order valence-corrected chi connectivity index (χ0v) is 16.2. The molecule has 1 aliphatic heterocycles. The number of carbonyl (C=O) groups excluding carboxylic acids is 1. The maximum absolute atomic E-state index is 13.2. The smallest absolute Gasteiger partial charge is 0.280 e. The lowest BCUT2D eigenvalue weighted by Gasteiger charge is -2.22. The second kappa shape index (κ2) is 7.66. The molecule has 2 aromatic heterocycles. The minimum atomic E-state index is -0.164. The Bertz CT molecular complexity index is 945. The van der Waals surface area contributed by atoms with Crippen LogP contribution in [0.25, 0.3) is 10.2 Å². The largest absolute Gasteiger partial charge is 0.492 e. The van der Waals surface area contributed by atoms with Gasteiger partial charge in [-0.2, -0.15) is 5.10 Å². The first-order valence-corrected chi connectivity index (χ1v) is 9.93. The van der Waals surface area contributed by atoms with Crippen LogP contribution < -0.4 is 9.64 Å². The molecule has 1 atom stereocenters. The zero-order chi connectivity index (χ0) is 18.8. The molecule has 0 aliphatic carbocycles. The number of aryl methyl sites for hydroxylation is 1. The van der Waals surface area contributed by atoms with Crippen molar-refractivity contribution in [3.8, 4) is 5.75 Å². The maximum Gasteiger partial charge on any atom is 0.280 e. The predicted molar refractivity (Wildman–Crippen MR) is 105 cm³/mol. The van der Waals surface area contributed by atoms with Gasteiger partial charge in [0.25, 0.3) is 5.91 Å². The Morgan fingerprint density at radius 1 is 1.44 bits per heavy atom. The number of hydrogen-bond acceptors (Lipinski definition) is 6. The van der Waals surface area contributed by atoms with E-state index in [1.54, 1.807) is 28.9 Å². The van der Waals surface area contributed by atoms with Crippen molar-refractivity contribution in [3.05, 3.63) is 36.2 Å². The van der Waals surface area contributed by atoms with Crippen molar-refractivity contribution < 1.29 is 14.3 Å². The van der Waals surface area contributed by atoms with Crippen molar-refractivity contribution in [2.75, 3.05) is 24.7 Å². The van der Waals surface area contributed by atoms with Crippen LogP contribution in [0.4, 0.5) is 5.13 Å². The molecule has 1 saturated heterocycles. The number of amides is 1. The van der Waals surface area contributed by atoms with Gasteiger partial charge in [0.05, 0.1) is 24.0 Å². The third-order valence-electron chi connectivity index (χ3n) is 4.49. The van der Waals surface area contributed by atoms with Gasteiger partial charge in [-0.05, 0) is 38.0 Å². The fraction of sp³-hybridized carbons (Fsp3) is 0.421. The molecule has 4 rings (SSSR count). The van der Waals surface area contributed by atoms with Crippen LogP contribution in [0.3, 0.4) is 0 Å². The Labute approximate surface area is 161 Å². The molecule has 27 heavy (non-hydrogen) atoms. The van der Waals surface area contributed by atoms with Gasteiger partial charge in [0, 0.05) is 19.9 Å². The molecule has 0 spiro atoms. The third kappa shape index (κ3) is 3.68. The van der Waals surface area contributed by atoms with E-state index < -0.39 is 0 Å². The highest BCUT2D eigenvalue weighted by Gasteiger charge is 2.28. The van der Waals surface area contributed by atoms with Gasteiger partial charge in [-0.3, -0.25) is 14.4 Å². The van der Waals surface area contributed by atoms with Gasteiger partial charge >= 0.3 is 0 Å². The van der Waals surface area contributed by atoms with Crippen LogP contribution >= 0.6 is 11.3 Å². The molecule has 1 aliphatic rings. The van der Waals surface area contributed by atoms with Crippen molar-refractivity contribution in [3.63, 3.8) is 0 Å². The lowest BCUT2D eigenvalue weighted by atomic mass is 10.2. The molecule has 3 heterocycles. The van der Waals surface area contributed by atoms with Crippen molar-refractivity contribution >= 4 is 32.6 Å². The highest BCUT2D eigenvalue weighted by Crippen LogP contribution is 2.35. The first-order valence-electron chi connectivity index (χ1n) is 9.11. The molecule has 1 amide bonds. The summed E-state index contributed by atoms with van der Waals surface area (Å²) in [6.07, 6.45) is 3.75. The number of hydrogen-bond donors (Lipinski definition) is 0. The van der Waals surface area contributed by atoms with E-state index in [1.165, 1.54) is 11.3 Å². The van der Waals surface area contributed by atoms with Crippen LogP contribution in [0.5, 0.6) is 5.75 Å². The summed E-state index contributed by atoms with van der Waals surface area (Å²) in [7, 11) is 1.80. The van der Waals surface area contributed by atoms with Crippen LogP contribution in [0.15, 0.2) is 30.5 Å². The SMILES string of the molecule is CCOc1cccc2sc(N(CC3CCCO3)C(=O)c3ccn(C)n3)nc12. The number of rotatable bonds is 6. The maximum atomic E-state index is 13.2. The summed E-state index contributed by atoms with van der Waals surface area (Å²) < 4.78 is 14.1. The van der Waals surface area contributed by atoms with Crippen molar-refractivity contribution in [1.29, 1.82) is 0 Å². The lowest BCUT2D eigenvalue weighted by molar-refractivity contribution is 0.0913. The highest BCUT2D eigenvalue weighted by atomic mass is 32.1. The summed E-state index contributed by atoms with van der Waals surface area (Å²) in [5.41, 5.74) is 1.19. The van der Waals surface area contributed by atoms with Gasteiger partial charge in [0.15, 0.2) is 10.8 Å². The number of aromatic nitrogens is 3. The summed E-state index contributed by atoms with van der Waals surface area (Å²) >= 11 is 1.48. The fourth-order valence-corrected chi connectivity index (χ4v) is 4.20. The second-order valence-corrected chi connectivity index (χ2v) is 7.47. The molecule has 3 aromatic rings. The second-order valence-electron chi connectivity index (χ2n) is 6.46. The highest BCUT2D eigenvalue weighted by molar-refractivity contribution is 7.22. The molecule has 1 fully saturated rings. The van der Waals surface area contributed by atoms with Crippen LogP contribution in [0.1, 0.15) is 30.3 Å². The van der Waals surface area contributed by atoms with E-state index >= 15 is 0 Å². The van der Waals surface area contributed by atoms with Gasteiger partial charge in [0.2, 0.25) is 0 Å². The van der Waals surface area contributed by atoms with Crippen molar-refractivity contribution in [2.45, 2.75) is 25.9 Å². The number of thiazole rings is 1. The number of benzene rings is 1. The van der Waals surface area contributed by atoms with E-state index in [0.717, 1.165) is 35.4 Å². The summed E-state index contributed by atoms with van der Waals surface area (Å²) in [5, 5.41) is 4.91. The van der Waals surface area contributed by atoms with Crippen LogP contribution in [0.2, 0.25) is 0 Å². The normalized spacial score (nSPS) is 16.7. The summed E-state index contributed by atoms with van der Waals surface area (Å²) in [5.74, 6) is 0.572. The Kier molecular flexibility index (Phi) is 5.09. The van der Waals surface area contributed by atoms with Crippen LogP contribution in [-0.4, -0.2) is 46.5 Å². The minimum absolute atomic E-state index is 0.0241. The van der Waals surface area contributed by atoms with E-state index in [1.807, 2.05) is 25.1 Å². The molecule has 8 heteroatoms. The van der Waals surface area contributed by atoms with Gasteiger partial charge in [-0.25, -0.2) is 4.98 Å². The number of carbonyl (C=O) groups is 1. The molecular formula is C19H22N4O3S.